The van der Waals surface area contributed by atoms with Crippen molar-refractivity contribution in [3.05, 3.63) is 53.0 Å². The average molecular weight is 281 g/mol. The van der Waals surface area contributed by atoms with Crippen LogP contribution in [0.3, 0.4) is 0 Å². The molecule has 0 unspecified atom stereocenters. The Morgan fingerprint density at radius 1 is 1.05 bits per heavy atom. The molecule has 0 amide bonds. The van der Waals surface area contributed by atoms with Crippen molar-refractivity contribution in [3.63, 3.8) is 0 Å². The number of rotatable bonds is 5. The van der Waals surface area contributed by atoms with E-state index in [1.54, 1.807) is 0 Å². The van der Waals surface area contributed by atoms with Gasteiger partial charge < -0.3 is 5.32 Å². The molecule has 1 aromatic heterocycles. The molecule has 0 radical (unpaired) electrons. The van der Waals surface area contributed by atoms with Gasteiger partial charge in [-0.1, -0.05) is 37.3 Å². The van der Waals surface area contributed by atoms with Crippen LogP contribution >= 0.6 is 0 Å². The molecular formula is C18H23N3. The van der Waals surface area contributed by atoms with Crippen LogP contribution in [0.2, 0.25) is 0 Å². The van der Waals surface area contributed by atoms with Crippen molar-refractivity contribution in [3.8, 4) is 0 Å². The first-order valence-electron chi connectivity index (χ1n) is 8.03. The number of aromatic nitrogens is 2. The van der Waals surface area contributed by atoms with Crippen molar-refractivity contribution >= 4 is 5.82 Å². The molecule has 1 N–H and O–H groups in total. The molecule has 1 heterocycles. The van der Waals surface area contributed by atoms with Gasteiger partial charge in [-0.3, -0.25) is 0 Å². The van der Waals surface area contributed by atoms with Crippen LogP contribution < -0.4 is 5.32 Å². The van der Waals surface area contributed by atoms with E-state index in [0.717, 1.165) is 43.9 Å². The van der Waals surface area contributed by atoms with E-state index in [2.05, 4.69) is 36.5 Å². The number of hydrogen-bond acceptors (Lipinski definition) is 3. The second-order valence-corrected chi connectivity index (χ2v) is 5.71. The Bertz CT molecular complexity index is 593. The van der Waals surface area contributed by atoms with E-state index in [4.69, 9.17) is 9.97 Å². The van der Waals surface area contributed by atoms with Gasteiger partial charge in [-0.25, -0.2) is 9.97 Å². The lowest BCUT2D eigenvalue weighted by molar-refractivity contribution is 0.656. The van der Waals surface area contributed by atoms with Gasteiger partial charge in [-0.05, 0) is 37.7 Å². The summed E-state index contributed by atoms with van der Waals surface area (Å²) in [7, 11) is 0. The first-order chi connectivity index (χ1) is 10.4. The van der Waals surface area contributed by atoms with Gasteiger partial charge in [0.15, 0.2) is 0 Å². The van der Waals surface area contributed by atoms with E-state index in [1.807, 2.05) is 6.07 Å². The summed E-state index contributed by atoms with van der Waals surface area (Å²) in [5.74, 6) is 2.02. The molecule has 3 rings (SSSR count). The molecule has 0 aliphatic heterocycles. The minimum atomic E-state index is 0.814. The monoisotopic (exact) mass is 281 g/mol. The fourth-order valence-electron chi connectivity index (χ4n) is 2.89. The normalized spacial score (nSPS) is 13.8. The number of benzene rings is 1. The van der Waals surface area contributed by atoms with Crippen LogP contribution in [0, 0.1) is 0 Å². The second kappa shape index (κ2) is 6.70. The first-order valence-corrected chi connectivity index (χ1v) is 8.03. The van der Waals surface area contributed by atoms with E-state index < -0.39 is 0 Å². The molecule has 0 saturated carbocycles. The van der Waals surface area contributed by atoms with Crippen LogP contribution in [0.1, 0.15) is 48.8 Å². The largest absolute Gasteiger partial charge is 0.370 e. The van der Waals surface area contributed by atoms with Gasteiger partial charge in [0.05, 0.1) is 0 Å². The molecule has 110 valence electrons. The summed E-state index contributed by atoms with van der Waals surface area (Å²) in [4.78, 5) is 9.62. The molecular weight excluding hydrogens is 258 g/mol. The minimum Gasteiger partial charge on any atom is -0.370 e. The average Bonchev–Trinajstić information content (AvgIpc) is 2.53. The lowest BCUT2D eigenvalue weighted by Gasteiger charge is -2.19. The summed E-state index contributed by atoms with van der Waals surface area (Å²) < 4.78 is 0. The van der Waals surface area contributed by atoms with E-state index in [-0.39, 0.29) is 0 Å². The molecule has 0 fully saturated rings. The molecule has 3 heteroatoms. The molecule has 2 aromatic rings. The van der Waals surface area contributed by atoms with Crippen LogP contribution in [0.5, 0.6) is 0 Å². The third-order valence-corrected chi connectivity index (χ3v) is 3.98. The van der Waals surface area contributed by atoms with Crippen LogP contribution in [0.15, 0.2) is 30.3 Å². The predicted octanol–water partition coefficient (Wildman–Crippen LogP) is 3.77. The number of aryl methyl sites for hydroxylation is 1. The molecule has 0 atom stereocenters. The van der Waals surface area contributed by atoms with Gasteiger partial charge in [0.1, 0.15) is 11.6 Å². The van der Waals surface area contributed by atoms with Crippen LogP contribution in [0.4, 0.5) is 5.82 Å². The maximum absolute atomic E-state index is 4.83. The molecule has 21 heavy (non-hydrogen) atoms. The van der Waals surface area contributed by atoms with E-state index in [1.165, 1.54) is 29.7 Å². The highest BCUT2D eigenvalue weighted by Crippen LogP contribution is 2.26. The summed E-state index contributed by atoms with van der Waals surface area (Å²) >= 11 is 0. The Kier molecular flexibility index (Phi) is 4.49. The first kappa shape index (κ1) is 14.1. The lowest BCUT2D eigenvalue weighted by atomic mass is 9.96. The number of nitrogens with zero attached hydrogens (tertiary/aromatic N) is 2. The van der Waals surface area contributed by atoms with Crippen LogP contribution in [-0.4, -0.2) is 16.5 Å². The summed E-state index contributed by atoms with van der Waals surface area (Å²) in [5, 5.41) is 3.50. The molecule has 0 saturated heterocycles. The van der Waals surface area contributed by atoms with Gasteiger partial charge in [-0.2, -0.15) is 0 Å². The molecule has 3 nitrogen and oxygen atoms in total. The van der Waals surface area contributed by atoms with Crippen LogP contribution in [-0.2, 0) is 19.3 Å². The van der Waals surface area contributed by atoms with Crippen molar-refractivity contribution in [2.75, 3.05) is 11.9 Å². The highest BCUT2D eigenvalue weighted by molar-refractivity contribution is 5.48. The maximum Gasteiger partial charge on any atom is 0.135 e. The molecule has 1 aliphatic rings. The standard InChI is InChI=1S/C18H23N3/c1-2-12-19-18-15-10-6-7-11-16(15)20-17(21-18)13-14-8-4-3-5-9-14/h3-5,8-9H,2,6-7,10-13H2,1H3,(H,19,20,21). The number of fused-ring (bicyclic) bond motifs is 1. The zero-order valence-electron chi connectivity index (χ0n) is 12.7. The van der Waals surface area contributed by atoms with E-state index >= 15 is 0 Å². The fourth-order valence-corrected chi connectivity index (χ4v) is 2.89. The van der Waals surface area contributed by atoms with Crippen LogP contribution in [0.25, 0.3) is 0 Å². The van der Waals surface area contributed by atoms with Gasteiger partial charge in [0.25, 0.3) is 0 Å². The molecule has 1 aliphatic carbocycles. The zero-order valence-corrected chi connectivity index (χ0v) is 12.7. The summed E-state index contributed by atoms with van der Waals surface area (Å²) in [6.07, 6.45) is 6.66. The zero-order chi connectivity index (χ0) is 14.5. The fraction of sp³-hybridized carbons (Fsp3) is 0.444. The smallest absolute Gasteiger partial charge is 0.135 e. The third-order valence-electron chi connectivity index (χ3n) is 3.98. The topological polar surface area (TPSA) is 37.8 Å². The van der Waals surface area contributed by atoms with Crippen molar-refractivity contribution < 1.29 is 0 Å². The summed E-state index contributed by atoms with van der Waals surface area (Å²) in [5.41, 5.74) is 3.89. The third kappa shape index (κ3) is 3.41. The Balaban J connectivity index is 1.90. The van der Waals surface area contributed by atoms with Gasteiger partial charge in [-0.15, -0.1) is 0 Å². The highest BCUT2D eigenvalue weighted by Gasteiger charge is 2.17. The summed E-state index contributed by atoms with van der Waals surface area (Å²) in [6.45, 7) is 3.17. The second-order valence-electron chi connectivity index (χ2n) is 5.71. The van der Waals surface area contributed by atoms with Crippen molar-refractivity contribution in [2.24, 2.45) is 0 Å². The molecule has 1 aromatic carbocycles. The number of anilines is 1. The number of hydrogen-bond donors (Lipinski definition) is 1. The quantitative estimate of drug-likeness (QED) is 0.906. The van der Waals surface area contributed by atoms with E-state index in [9.17, 15) is 0 Å². The lowest BCUT2D eigenvalue weighted by Crippen LogP contribution is -2.15. The van der Waals surface area contributed by atoms with E-state index in [0.29, 0.717) is 0 Å². The SMILES string of the molecule is CCCNc1nc(Cc2ccccc2)nc2c1CCCC2. The van der Waals surface area contributed by atoms with Crippen molar-refractivity contribution in [1.82, 2.24) is 9.97 Å². The predicted molar refractivity (Wildman–Crippen MR) is 86.7 cm³/mol. The van der Waals surface area contributed by atoms with Crippen molar-refractivity contribution in [2.45, 2.75) is 45.4 Å². The Labute approximate surface area is 126 Å². The Morgan fingerprint density at radius 2 is 1.86 bits per heavy atom. The molecule has 0 bridgehead atoms. The summed E-state index contributed by atoms with van der Waals surface area (Å²) in [6, 6.07) is 10.5. The highest BCUT2D eigenvalue weighted by atomic mass is 15.0. The number of nitrogens with one attached hydrogen (secondary N) is 1. The minimum absolute atomic E-state index is 0.814. The van der Waals surface area contributed by atoms with Gasteiger partial charge >= 0.3 is 0 Å². The Morgan fingerprint density at radius 3 is 2.67 bits per heavy atom. The maximum atomic E-state index is 4.83. The van der Waals surface area contributed by atoms with Gasteiger partial charge in [0, 0.05) is 24.2 Å². The van der Waals surface area contributed by atoms with Gasteiger partial charge in [0.2, 0.25) is 0 Å². The van der Waals surface area contributed by atoms with Crippen molar-refractivity contribution in [1.29, 1.82) is 0 Å². The molecule has 0 spiro atoms. The Hall–Kier alpha value is -1.90.